The van der Waals surface area contributed by atoms with Gasteiger partial charge in [-0.15, -0.1) is 0 Å². The number of halogens is 1. The summed E-state index contributed by atoms with van der Waals surface area (Å²) in [7, 11) is 0. The zero-order valence-electron chi connectivity index (χ0n) is 14.0. The first kappa shape index (κ1) is 16.5. The van der Waals surface area contributed by atoms with Gasteiger partial charge in [-0.2, -0.15) is 0 Å². The molecule has 0 atom stereocenters. The van der Waals surface area contributed by atoms with Gasteiger partial charge in [0, 0.05) is 12.1 Å². The number of ether oxygens (including phenoxy) is 3. The second-order valence-electron chi connectivity index (χ2n) is 5.87. The van der Waals surface area contributed by atoms with E-state index in [-0.39, 0.29) is 18.6 Å². The molecule has 0 bridgehead atoms. The maximum Gasteiger partial charge on any atom is 0.262 e. The van der Waals surface area contributed by atoms with Crippen molar-refractivity contribution < 1.29 is 19.3 Å². The first-order chi connectivity index (χ1) is 12.5. The van der Waals surface area contributed by atoms with E-state index in [0.717, 1.165) is 0 Å². The first-order valence-electron chi connectivity index (χ1n) is 7.88. The molecule has 0 saturated carbocycles. The van der Waals surface area contributed by atoms with Gasteiger partial charge in [-0.25, -0.2) is 15.0 Å². The summed E-state index contributed by atoms with van der Waals surface area (Å²) in [5.41, 5.74) is 1.01. The predicted octanol–water partition coefficient (Wildman–Crippen LogP) is 3.64. The molecule has 0 saturated heterocycles. The lowest BCUT2D eigenvalue weighted by Crippen LogP contribution is -2.07. The van der Waals surface area contributed by atoms with E-state index in [2.05, 4.69) is 20.3 Å². The molecule has 134 valence electrons. The van der Waals surface area contributed by atoms with Crippen LogP contribution in [0, 0.1) is 0 Å². The fourth-order valence-electron chi connectivity index (χ4n) is 2.65. The molecule has 0 aliphatic carbocycles. The van der Waals surface area contributed by atoms with Gasteiger partial charge in [0.15, 0.2) is 0 Å². The molecule has 1 aromatic carbocycles. The number of rotatable bonds is 4. The van der Waals surface area contributed by atoms with E-state index in [0.29, 0.717) is 44.8 Å². The van der Waals surface area contributed by atoms with Crippen LogP contribution in [-0.4, -0.2) is 33.0 Å². The summed E-state index contributed by atoms with van der Waals surface area (Å²) in [6, 6.07) is 3.06. The maximum atomic E-state index is 9.95. The van der Waals surface area contributed by atoms with E-state index in [1.165, 1.54) is 24.7 Å². The maximum absolute atomic E-state index is 9.95. The minimum Gasteiger partial charge on any atom is -0.508 e. The second-order valence-corrected chi connectivity index (χ2v) is 6.28. The highest BCUT2D eigenvalue weighted by molar-refractivity contribution is 6.33. The topological polar surface area (TPSA) is 98.6 Å². The quantitative estimate of drug-likeness (QED) is 0.714. The van der Waals surface area contributed by atoms with Crippen LogP contribution in [0.4, 0.5) is 11.5 Å². The lowest BCUT2D eigenvalue weighted by atomic mass is 10.2. The number of phenols is 1. The number of nitrogens with one attached hydrogen (secondary N) is 1. The fourth-order valence-corrected chi connectivity index (χ4v) is 2.83. The summed E-state index contributed by atoms with van der Waals surface area (Å²) in [6.45, 7) is 3.85. The Morgan fingerprint density at radius 1 is 1.23 bits per heavy atom. The van der Waals surface area contributed by atoms with Crippen molar-refractivity contribution >= 4 is 34.0 Å². The fraction of sp³-hybridized carbons (Fsp3) is 0.235. The standard InChI is InChI=1S/C17H15ClN4O4/c1-8(2)26-12-4-9(23)3-11-13(12)16(21-6-20-11)22-14-10(18)5-19-17-15(14)24-7-25-17/h3-6,8,23H,7H2,1-2H3,(H,19,20,21,22). The SMILES string of the molecule is CC(C)Oc1cc(O)cc2ncnc(Nc3c(Cl)cnc4c3OCO4)c12. The largest absolute Gasteiger partial charge is 0.508 e. The summed E-state index contributed by atoms with van der Waals surface area (Å²) in [4.78, 5) is 12.6. The van der Waals surface area contributed by atoms with E-state index in [1.807, 2.05) is 13.8 Å². The van der Waals surface area contributed by atoms with Crippen LogP contribution in [-0.2, 0) is 0 Å². The molecule has 2 aromatic heterocycles. The minimum atomic E-state index is -0.0986. The van der Waals surface area contributed by atoms with Crippen LogP contribution in [0.25, 0.3) is 10.9 Å². The van der Waals surface area contributed by atoms with Gasteiger partial charge in [-0.1, -0.05) is 11.6 Å². The molecule has 0 spiro atoms. The van der Waals surface area contributed by atoms with Crippen molar-refractivity contribution in [3.63, 3.8) is 0 Å². The van der Waals surface area contributed by atoms with Gasteiger partial charge in [0.05, 0.1) is 28.2 Å². The van der Waals surface area contributed by atoms with Crippen LogP contribution < -0.4 is 19.5 Å². The molecular weight excluding hydrogens is 360 g/mol. The van der Waals surface area contributed by atoms with Crippen molar-refractivity contribution in [2.45, 2.75) is 20.0 Å². The van der Waals surface area contributed by atoms with Crippen LogP contribution in [0.15, 0.2) is 24.7 Å². The summed E-state index contributed by atoms with van der Waals surface area (Å²) in [5, 5.41) is 14.1. The third kappa shape index (κ3) is 2.88. The number of aromatic nitrogens is 3. The Labute approximate surface area is 153 Å². The molecule has 4 rings (SSSR count). The highest BCUT2D eigenvalue weighted by atomic mass is 35.5. The van der Waals surface area contributed by atoms with Gasteiger partial charge in [0.25, 0.3) is 5.88 Å². The molecule has 0 radical (unpaired) electrons. The zero-order chi connectivity index (χ0) is 18.3. The third-order valence-electron chi connectivity index (χ3n) is 3.65. The van der Waals surface area contributed by atoms with Gasteiger partial charge in [-0.05, 0) is 13.8 Å². The van der Waals surface area contributed by atoms with Crippen molar-refractivity contribution in [2.24, 2.45) is 0 Å². The molecular formula is C17H15ClN4O4. The van der Waals surface area contributed by atoms with Gasteiger partial charge in [0.1, 0.15) is 29.3 Å². The molecule has 26 heavy (non-hydrogen) atoms. The van der Waals surface area contributed by atoms with Crippen LogP contribution in [0.5, 0.6) is 23.1 Å². The molecule has 9 heteroatoms. The minimum absolute atomic E-state index is 0.0531. The van der Waals surface area contributed by atoms with Crippen molar-refractivity contribution in [3.05, 3.63) is 29.7 Å². The molecule has 0 fully saturated rings. The number of pyridine rings is 1. The smallest absolute Gasteiger partial charge is 0.262 e. The van der Waals surface area contributed by atoms with Crippen molar-refractivity contribution in [2.75, 3.05) is 12.1 Å². The van der Waals surface area contributed by atoms with E-state index < -0.39 is 0 Å². The molecule has 3 heterocycles. The van der Waals surface area contributed by atoms with Crippen LogP contribution >= 0.6 is 11.6 Å². The molecule has 8 nitrogen and oxygen atoms in total. The molecule has 1 aliphatic rings. The van der Waals surface area contributed by atoms with Gasteiger partial charge >= 0.3 is 0 Å². The molecule has 2 N–H and O–H groups in total. The average molecular weight is 375 g/mol. The first-order valence-corrected chi connectivity index (χ1v) is 8.26. The number of phenolic OH excluding ortho intramolecular Hbond substituents is 1. The summed E-state index contributed by atoms with van der Waals surface area (Å²) >= 11 is 6.28. The summed E-state index contributed by atoms with van der Waals surface area (Å²) in [6.07, 6.45) is 2.76. The lowest BCUT2D eigenvalue weighted by Gasteiger charge is -2.16. The second kappa shape index (κ2) is 6.38. The number of nitrogens with zero attached hydrogens (tertiary/aromatic N) is 3. The third-order valence-corrected chi connectivity index (χ3v) is 3.93. The number of fused-ring (bicyclic) bond motifs is 2. The number of aromatic hydroxyl groups is 1. The summed E-state index contributed by atoms with van der Waals surface area (Å²) < 4.78 is 16.6. The van der Waals surface area contributed by atoms with Crippen LogP contribution in [0.2, 0.25) is 5.02 Å². The predicted molar refractivity (Wildman–Crippen MR) is 95.6 cm³/mol. The molecule has 0 unspecified atom stereocenters. The molecule has 0 amide bonds. The Bertz CT molecular complexity index is 996. The Balaban J connectivity index is 1.87. The van der Waals surface area contributed by atoms with Gasteiger partial charge < -0.3 is 24.6 Å². The zero-order valence-corrected chi connectivity index (χ0v) is 14.7. The number of benzene rings is 1. The van der Waals surface area contributed by atoms with E-state index in [4.69, 9.17) is 25.8 Å². The van der Waals surface area contributed by atoms with E-state index >= 15 is 0 Å². The molecule has 3 aromatic rings. The monoisotopic (exact) mass is 374 g/mol. The normalized spacial score (nSPS) is 12.6. The highest BCUT2D eigenvalue weighted by Gasteiger charge is 2.24. The molecule has 1 aliphatic heterocycles. The lowest BCUT2D eigenvalue weighted by molar-refractivity contribution is 0.171. The Morgan fingerprint density at radius 2 is 2.08 bits per heavy atom. The van der Waals surface area contributed by atoms with Crippen molar-refractivity contribution in [1.29, 1.82) is 0 Å². The van der Waals surface area contributed by atoms with Crippen LogP contribution in [0.1, 0.15) is 13.8 Å². The Kier molecular flexibility index (Phi) is 4.04. The number of hydrogen-bond donors (Lipinski definition) is 2. The van der Waals surface area contributed by atoms with Crippen molar-refractivity contribution in [3.8, 4) is 23.1 Å². The number of hydrogen-bond acceptors (Lipinski definition) is 8. The van der Waals surface area contributed by atoms with E-state index in [1.54, 1.807) is 0 Å². The highest BCUT2D eigenvalue weighted by Crippen LogP contribution is 2.44. The van der Waals surface area contributed by atoms with Gasteiger partial charge in [-0.3, -0.25) is 0 Å². The van der Waals surface area contributed by atoms with Gasteiger partial charge in [0.2, 0.25) is 12.5 Å². The number of anilines is 2. The Hall–Kier alpha value is -3.00. The van der Waals surface area contributed by atoms with Crippen LogP contribution in [0.3, 0.4) is 0 Å². The average Bonchev–Trinajstić information content (AvgIpc) is 3.05. The van der Waals surface area contributed by atoms with E-state index in [9.17, 15) is 5.11 Å². The Morgan fingerprint density at radius 3 is 2.88 bits per heavy atom. The summed E-state index contributed by atoms with van der Waals surface area (Å²) in [5.74, 6) is 1.73. The van der Waals surface area contributed by atoms with Crippen molar-refractivity contribution in [1.82, 2.24) is 15.0 Å².